The molecule has 33 nitrogen and oxygen atoms in total. The first kappa shape index (κ1) is 66.5. The quantitative estimate of drug-likeness (QED) is 0.0176. The minimum Gasteiger partial charge on any atom is -0.386 e. The van der Waals surface area contributed by atoms with Gasteiger partial charge in [0.25, 0.3) is 0 Å². The molecular formula is C38H68N13O20P3S2. The maximum atomic E-state index is 12.8. The largest absolute Gasteiger partial charge is 0.481 e. The molecule has 76 heavy (non-hydrogen) atoms. The van der Waals surface area contributed by atoms with Crippen molar-refractivity contribution >= 4 is 99.5 Å². The van der Waals surface area contributed by atoms with Gasteiger partial charge in [0, 0.05) is 49.4 Å². The summed E-state index contributed by atoms with van der Waals surface area (Å²) >= 11 is 4.89. The smallest absolute Gasteiger partial charge is 0.386 e. The number of aromatic nitrogens is 4. The zero-order valence-corrected chi connectivity index (χ0v) is 45.7. The number of unbranched alkanes of at least 4 members (excludes halogenated alkanes) is 1. The summed E-state index contributed by atoms with van der Waals surface area (Å²) in [5, 5.41) is 36.8. The van der Waals surface area contributed by atoms with Gasteiger partial charge >= 0.3 is 23.5 Å². The van der Waals surface area contributed by atoms with Crippen LogP contribution in [0.3, 0.4) is 0 Å². The highest BCUT2D eigenvalue weighted by molar-refractivity contribution is 8.13. The SMILES string of the molecule is CC(C)(COP(=O)(O)OP(=O)(O)OCC1OC(n2cnc3c(N)ncnc32)C(O)C1OP(=O)(O)O)C(O)C(=O)NCCC(=O)NCCSC(=O)C(N)CCC(=O)NC(CS)C(=O)NCC(=O)NCCCNCCCCN. The maximum absolute atomic E-state index is 12.8. The van der Waals surface area contributed by atoms with Crippen molar-refractivity contribution in [1.82, 2.24) is 51.4 Å². The van der Waals surface area contributed by atoms with Crippen LogP contribution in [0.5, 0.6) is 0 Å². The Bertz CT molecular complexity index is 2410. The summed E-state index contributed by atoms with van der Waals surface area (Å²) in [4.78, 5) is 126. The second-order valence-corrected chi connectivity index (χ2v) is 23.1. The third-order valence-electron chi connectivity index (χ3n) is 10.6. The molecule has 0 aromatic carbocycles. The summed E-state index contributed by atoms with van der Waals surface area (Å²) in [5.41, 5.74) is 15.6. The predicted molar refractivity (Wildman–Crippen MR) is 272 cm³/mol. The fourth-order valence-corrected chi connectivity index (χ4v) is 10.4. The van der Waals surface area contributed by atoms with E-state index in [4.69, 9.17) is 31.0 Å². The van der Waals surface area contributed by atoms with Crippen molar-refractivity contribution in [3.05, 3.63) is 12.7 Å². The van der Waals surface area contributed by atoms with Crippen molar-refractivity contribution in [2.24, 2.45) is 16.9 Å². The number of thiol groups is 1. The Hall–Kier alpha value is -3.80. The molecule has 9 unspecified atom stereocenters. The van der Waals surface area contributed by atoms with Gasteiger partial charge in [-0.15, -0.1) is 0 Å². The second-order valence-electron chi connectivity index (χ2n) is 17.4. The van der Waals surface area contributed by atoms with Crippen LogP contribution >= 0.6 is 47.9 Å². The number of imidazole rings is 1. The lowest BCUT2D eigenvalue weighted by Gasteiger charge is -2.30. The number of rotatable bonds is 36. The van der Waals surface area contributed by atoms with Gasteiger partial charge in [-0.3, -0.25) is 46.9 Å². The molecule has 0 radical (unpaired) electrons. The van der Waals surface area contributed by atoms with E-state index in [-0.39, 0.29) is 67.4 Å². The van der Waals surface area contributed by atoms with E-state index in [9.17, 15) is 72.2 Å². The molecule has 5 amide bonds. The van der Waals surface area contributed by atoms with Crippen molar-refractivity contribution < 1.29 is 94.9 Å². The fraction of sp³-hybridized carbons (Fsp3) is 0.711. The van der Waals surface area contributed by atoms with E-state index >= 15 is 0 Å². The average molecular weight is 1180 g/mol. The number of hydrogen-bond donors (Lipinski definition) is 16. The van der Waals surface area contributed by atoms with E-state index < -0.39 is 119 Å². The minimum atomic E-state index is -5.63. The molecule has 2 aromatic rings. The van der Waals surface area contributed by atoms with Crippen molar-refractivity contribution in [3.63, 3.8) is 0 Å². The Labute approximate surface area is 445 Å². The maximum Gasteiger partial charge on any atom is 0.481 e. The van der Waals surface area contributed by atoms with Crippen LogP contribution in [0.1, 0.15) is 58.6 Å². The molecule has 3 rings (SSSR count). The number of hydrogen-bond acceptors (Lipinski definition) is 25. The Morgan fingerprint density at radius 3 is 2.25 bits per heavy atom. The Balaban J connectivity index is 1.32. The standard InChI is InChI=1S/C38H68N13O20P3S2/c1-38(2,19-68-74(65,66)71-73(63,64)67-17-24-30(70-72(60,61)62)29(55)36(69-24)51-21-49-28-32(41)47-20-48-33(28)51)31(56)35(58)45-13-8-25(52)44-14-15-76-37(59)22(40)6-7-26(53)50-23(18-75)34(57)46-16-27(54)43-12-5-11-42-10-4-3-9-39/h20-24,29-31,36,42,55-56,75H,3-19,39-40H2,1-2H3,(H,43,54)(H,44,52)(H,45,58)(H,46,57)(H,50,53)(H,63,64)(H,65,66)(H2,41,47,48)(H2,60,61,62). The number of phosphoric acid groups is 3. The zero-order valence-electron chi connectivity index (χ0n) is 41.3. The van der Waals surface area contributed by atoms with Gasteiger partial charge in [-0.2, -0.15) is 16.9 Å². The van der Waals surface area contributed by atoms with Gasteiger partial charge in [0.05, 0.1) is 32.1 Å². The molecule has 0 bridgehead atoms. The van der Waals surface area contributed by atoms with Gasteiger partial charge in [-0.05, 0) is 45.3 Å². The summed E-state index contributed by atoms with van der Waals surface area (Å²) in [7, 11) is -16.6. The molecule has 2 aromatic heterocycles. The molecule has 0 spiro atoms. The number of nitrogen functional groups attached to an aromatic ring is 1. The monoisotopic (exact) mass is 1180 g/mol. The van der Waals surface area contributed by atoms with Crippen LogP contribution in [-0.2, 0) is 65.1 Å². The van der Waals surface area contributed by atoms with E-state index in [1.165, 1.54) is 13.8 Å². The Kier molecular flexibility index (Phi) is 27.7. The van der Waals surface area contributed by atoms with Gasteiger partial charge in [-0.1, -0.05) is 25.6 Å². The van der Waals surface area contributed by atoms with Crippen LogP contribution in [0.25, 0.3) is 11.2 Å². The van der Waals surface area contributed by atoms with Crippen LogP contribution in [0.2, 0.25) is 0 Å². The summed E-state index contributed by atoms with van der Waals surface area (Å²) in [6.45, 7) is 2.30. The Morgan fingerprint density at radius 2 is 1.57 bits per heavy atom. The minimum absolute atomic E-state index is 0.00190. The first-order chi connectivity index (χ1) is 35.6. The van der Waals surface area contributed by atoms with Crippen LogP contribution in [-0.4, -0.2) is 191 Å². The molecule has 1 aliphatic heterocycles. The first-order valence-corrected chi connectivity index (χ1v) is 29.4. The lowest BCUT2D eigenvalue weighted by atomic mass is 9.87. The molecule has 9 atom stereocenters. The number of aliphatic hydroxyl groups is 2. The predicted octanol–water partition coefficient (Wildman–Crippen LogP) is -3.86. The van der Waals surface area contributed by atoms with Crippen LogP contribution in [0, 0.1) is 5.41 Å². The third-order valence-corrected chi connectivity index (χ3v) is 15.1. The molecule has 0 saturated carbocycles. The number of anilines is 1. The molecule has 3 heterocycles. The number of phosphoric ester groups is 3. The number of nitrogens with one attached hydrogen (secondary N) is 6. The normalized spacial score (nSPS) is 19.7. The number of amides is 5. The number of carbonyl (C=O) groups excluding carboxylic acids is 6. The van der Waals surface area contributed by atoms with Crippen LogP contribution in [0.15, 0.2) is 12.7 Å². The number of carbonyl (C=O) groups is 6. The second kappa shape index (κ2) is 31.7. The fourth-order valence-electron chi connectivity index (χ4n) is 6.57. The van der Waals surface area contributed by atoms with Gasteiger partial charge in [0.2, 0.25) is 34.7 Å². The lowest BCUT2D eigenvalue weighted by molar-refractivity contribution is -0.137. The first-order valence-electron chi connectivity index (χ1n) is 23.3. The van der Waals surface area contributed by atoms with Gasteiger partial charge in [-0.25, -0.2) is 28.6 Å². The molecule has 38 heteroatoms. The number of thioether (sulfide) groups is 1. The summed E-state index contributed by atoms with van der Waals surface area (Å²) < 4.78 is 62.4. The van der Waals surface area contributed by atoms with Crippen molar-refractivity contribution in [2.75, 3.05) is 76.3 Å². The van der Waals surface area contributed by atoms with E-state index in [1.807, 2.05) is 0 Å². The molecule has 1 aliphatic rings. The van der Waals surface area contributed by atoms with E-state index in [2.05, 4.69) is 68.3 Å². The zero-order chi connectivity index (χ0) is 56.9. The number of nitrogens with zero attached hydrogens (tertiary/aromatic N) is 4. The number of nitrogens with two attached hydrogens (primary N) is 3. The Morgan fingerprint density at radius 1 is 0.882 bits per heavy atom. The molecule has 1 saturated heterocycles. The van der Waals surface area contributed by atoms with Crippen molar-refractivity contribution in [2.45, 2.75) is 95.1 Å². The average Bonchev–Trinajstić information content (AvgIpc) is 3.91. The van der Waals surface area contributed by atoms with Gasteiger partial charge < -0.3 is 83.6 Å². The molecule has 18 N–H and O–H groups in total. The van der Waals surface area contributed by atoms with E-state index in [0.717, 1.165) is 48.4 Å². The van der Waals surface area contributed by atoms with Crippen molar-refractivity contribution in [1.29, 1.82) is 0 Å². The molecule has 1 fully saturated rings. The number of ether oxygens (including phenoxy) is 1. The van der Waals surface area contributed by atoms with Crippen LogP contribution < -0.4 is 49.1 Å². The molecule has 432 valence electrons. The summed E-state index contributed by atoms with van der Waals surface area (Å²) in [6, 6.07) is -2.11. The van der Waals surface area contributed by atoms with Gasteiger partial charge in [0.1, 0.15) is 42.3 Å². The highest BCUT2D eigenvalue weighted by Gasteiger charge is 2.50. The highest BCUT2D eigenvalue weighted by Crippen LogP contribution is 2.61. The van der Waals surface area contributed by atoms with Crippen molar-refractivity contribution in [3.8, 4) is 0 Å². The number of fused-ring (bicyclic) bond motifs is 1. The molecular weight excluding hydrogens is 1120 g/mol. The van der Waals surface area contributed by atoms with E-state index in [0.29, 0.717) is 26.1 Å². The summed E-state index contributed by atoms with van der Waals surface area (Å²) in [6.07, 6.45) is -4.95. The third kappa shape index (κ3) is 23.3. The van der Waals surface area contributed by atoms with E-state index in [1.54, 1.807) is 0 Å². The van der Waals surface area contributed by atoms with Crippen LogP contribution in [0.4, 0.5) is 5.82 Å². The number of aliphatic hydroxyl groups excluding tert-OH is 2. The molecule has 0 aliphatic carbocycles. The lowest BCUT2D eigenvalue weighted by Crippen LogP contribution is -2.50. The van der Waals surface area contributed by atoms with Gasteiger partial charge in [0.15, 0.2) is 17.7 Å². The summed E-state index contributed by atoms with van der Waals surface area (Å²) in [5.74, 6) is -3.25. The topological polar surface area (TPSA) is 515 Å². The highest BCUT2D eigenvalue weighted by atomic mass is 32.2.